The van der Waals surface area contributed by atoms with Gasteiger partial charge in [0, 0.05) is 11.6 Å². The number of esters is 1. The van der Waals surface area contributed by atoms with Gasteiger partial charge in [-0.2, -0.15) is 0 Å². The number of hydrogen-bond acceptors (Lipinski definition) is 7. The van der Waals surface area contributed by atoms with Crippen LogP contribution in [0.1, 0.15) is 23.2 Å². The Balaban J connectivity index is 1.58. The second-order valence-electron chi connectivity index (χ2n) is 7.48. The average Bonchev–Trinajstić information content (AvgIpc) is 3.33. The molecule has 1 atom stereocenters. The molecule has 3 aromatic rings. The molecule has 0 aliphatic carbocycles. The number of methoxy groups -OCH3 is 1. The molecule has 33 heavy (non-hydrogen) atoms. The van der Waals surface area contributed by atoms with Crippen molar-refractivity contribution in [2.75, 3.05) is 24.8 Å². The Labute approximate surface area is 199 Å². The summed E-state index contributed by atoms with van der Waals surface area (Å²) in [5.74, 6) is -0.906. The van der Waals surface area contributed by atoms with Crippen molar-refractivity contribution in [3.8, 4) is 0 Å². The quantitative estimate of drug-likeness (QED) is 0.308. The molecular weight excluding hydrogens is 466 g/mol. The first-order valence-corrected chi connectivity index (χ1v) is 11.7. The number of nitrogens with one attached hydrogen (secondary N) is 1. The van der Waals surface area contributed by atoms with Gasteiger partial charge in [0.05, 0.1) is 47.7 Å². The number of halogens is 1. The molecule has 172 valence electrons. The minimum Gasteiger partial charge on any atom is -0.465 e. The maximum Gasteiger partial charge on any atom is 0.339 e. The van der Waals surface area contributed by atoms with Crippen molar-refractivity contribution in [2.45, 2.75) is 30.6 Å². The molecule has 10 heteroatoms. The fourth-order valence-corrected chi connectivity index (χ4v) is 4.61. The van der Waals surface area contributed by atoms with Crippen molar-refractivity contribution in [3.05, 3.63) is 63.4 Å². The first-order chi connectivity index (χ1) is 16.0. The molecule has 1 saturated heterocycles. The number of nitrogens with zero attached hydrogens (tertiary/aromatic N) is 2. The van der Waals surface area contributed by atoms with Crippen LogP contribution in [0.15, 0.2) is 52.4 Å². The zero-order valence-electron chi connectivity index (χ0n) is 17.9. The van der Waals surface area contributed by atoms with Gasteiger partial charge in [-0.05, 0) is 43.2 Å². The second-order valence-corrected chi connectivity index (χ2v) is 8.86. The summed E-state index contributed by atoms with van der Waals surface area (Å²) in [4.78, 5) is 42.4. The Kier molecular flexibility index (Phi) is 7.32. The molecule has 0 bridgehead atoms. The predicted molar refractivity (Wildman–Crippen MR) is 127 cm³/mol. The van der Waals surface area contributed by atoms with Crippen LogP contribution in [-0.2, 0) is 20.8 Å². The molecular formula is C23H22ClN3O5S. The molecule has 0 saturated carbocycles. The third-order valence-electron chi connectivity index (χ3n) is 5.23. The highest BCUT2D eigenvalue weighted by Crippen LogP contribution is 2.23. The lowest BCUT2D eigenvalue weighted by Gasteiger charge is -2.16. The van der Waals surface area contributed by atoms with Crippen molar-refractivity contribution in [1.29, 1.82) is 0 Å². The lowest BCUT2D eigenvalue weighted by atomic mass is 10.2. The minimum absolute atomic E-state index is 0.0143. The van der Waals surface area contributed by atoms with Crippen LogP contribution in [0.4, 0.5) is 5.69 Å². The van der Waals surface area contributed by atoms with Crippen LogP contribution in [0.25, 0.3) is 10.9 Å². The van der Waals surface area contributed by atoms with Gasteiger partial charge in [-0.25, -0.2) is 9.78 Å². The van der Waals surface area contributed by atoms with Crippen LogP contribution in [0.5, 0.6) is 0 Å². The van der Waals surface area contributed by atoms with Crippen LogP contribution in [0.3, 0.4) is 0 Å². The number of para-hydroxylation sites is 1. The summed E-state index contributed by atoms with van der Waals surface area (Å²) in [5, 5.41) is 4.06. The second kappa shape index (κ2) is 10.4. The normalized spacial score (nSPS) is 15.5. The number of amides is 1. The topological polar surface area (TPSA) is 99.5 Å². The predicted octanol–water partition coefficient (Wildman–Crippen LogP) is 3.75. The molecule has 1 N–H and O–H groups in total. The van der Waals surface area contributed by atoms with E-state index in [1.807, 2.05) is 0 Å². The van der Waals surface area contributed by atoms with E-state index < -0.39 is 5.97 Å². The average molecular weight is 488 g/mol. The summed E-state index contributed by atoms with van der Waals surface area (Å²) in [6.45, 7) is 1.03. The van der Waals surface area contributed by atoms with Gasteiger partial charge in [0.2, 0.25) is 5.91 Å². The van der Waals surface area contributed by atoms with Gasteiger partial charge in [0.1, 0.15) is 0 Å². The summed E-state index contributed by atoms with van der Waals surface area (Å²) in [6.07, 6.45) is 1.73. The zero-order valence-corrected chi connectivity index (χ0v) is 19.4. The Morgan fingerprint density at radius 2 is 2.12 bits per heavy atom. The number of rotatable bonds is 7. The van der Waals surface area contributed by atoms with Crippen molar-refractivity contribution in [2.24, 2.45) is 0 Å². The summed E-state index contributed by atoms with van der Waals surface area (Å²) < 4.78 is 12.0. The molecule has 1 unspecified atom stereocenters. The van der Waals surface area contributed by atoms with Crippen LogP contribution in [0, 0.1) is 0 Å². The molecule has 1 aliphatic heterocycles. The highest BCUT2D eigenvalue weighted by molar-refractivity contribution is 7.99. The van der Waals surface area contributed by atoms with Crippen LogP contribution < -0.4 is 10.9 Å². The van der Waals surface area contributed by atoms with Gasteiger partial charge in [-0.15, -0.1) is 0 Å². The first kappa shape index (κ1) is 23.3. The Morgan fingerprint density at radius 3 is 2.88 bits per heavy atom. The number of ether oxygens (including phenoxy) is 2. The number of benzene rings is 2. The monoisotopic (exact) mass is 487 g/mol. The van der Waals surface area contributed by atoms with Crippen molar-refractivity contribution >= 4 is 51.8 Å². The maximum absolute atomic E-state index is 13.2. The van der Waals surface area contributed by atoms with E-state index in [0.717, 1.165) is 24.6 Å². The minimum atomic E-state index is -0.544. The van der Waals surface area contributed by atoms with Gasteiger partial charge in [-0.1, -0.05) is 35.5 Å². The third-order valence-corrected chi connectivity index (χ3v) is 6.44. The molecule has 0 spiro atoms. The lowest BCUT2D eigenvalue weighted by molar-refractivity contribution is -0.113. The van der Waals surface area contributed by atoms with Crippen molar-refractivity contribution < 1.29 is 19.1 Å². The van der Waals surface area contributed by atoms with E-state index >= 15 is 0 Å². The summed E-state index contributed by atoms with van der Waals surface area (Å²) in [7, 11) is 1.28. The van der Waals surface area contributed by atoms with E-state index in [-0.39, 0.29) is 28.9 Å². The van der Waals surface area contributed by atoms with Gasteiger partial charge >= 0.3 is 5.97 Å². The molecule has 0 radical (unpaired) electrons. The number of thioether (sulfide) groups is 1. The van der Waals surface area contributed by atoms with E-state index in [1.165, 1.54) is 7.11 Å². The van der Waals surface area contributed by atoms with Gasteiger partial charge < -0.3 is 14.8 Å². The molecule has 1 aromatic heterocycles. The smallest absolute Gasteiger partial charge is 0.339 e. The number of carbonyl (C=O) groups excluding carboxylic acids is 2. The highest BCUT2D eigenvalue weighted by Gasteiger charge is 2.21. The summed E-state index contributed by atoms with van der Waals surface area (Å²) in [5.41, 5.74) is 0.873. The lowest BCUT2D eigenvalue weighted by Crippen LogP contribution is -2.29. The fourth-order valence-electron chi connectivity index (χ4n) is 3.63. The van der Waals surface area contributed by atoms with E-state index in [0.29, 0.717) is 39.9 Å². The maximum atomic E-state index is 13.2. The summed E-state index contributed by atoms with van der Waals surface area (Å²) in [6, 6.07) is 11.5. The van der Waals surface area contributed by atoms with E-state index in [1.54, 1.807) is 47.0 Å². The highest BCUT2D eigenvalue weighted by atomic mass is 35.5. The summed E-state index contributed by atoms with van der Waals surface area (Å²) >= 11 is 7.23. The number of carbonyl (C=O) groups is 2. The Hall–Kier alpha value is -2.88. The zero-order chi connectivity index (χ0) is 23.4. The van der Waals surface area contributed by atoms with E-state index in [4.69, 9.17) is 21.1 Å². The largest absolute Gasteiger partial charge is 0.465 e. The van der Waals surface area contributed by atoms with Gasteiger partial charge in [0.15, 0.2) is 5.16 Å². The van der Waals surface area contributed by atoms with Gasteiger partial charge in [-0.3, -0.25) is 14.2 Å². The number of anilines is 1. The fraction of sp³-hybridized carbons (Fsp3) is 0.304. The molecule has 2 aromatic carbocycles. The van der Waals surface area contributed by atoms with Crippen LogP contribution in [-0.4, -0.2) is 47.0 Å². The number of fused-ring (bicyclic) bond motifs is 1. The molecule has 8 nitrogen and oxygen atoms in total. The standard InChI is InChI=1S/C23H22ClN3O5S/c1-31-22(30)17-6-2-3-7-18(17)25-20(28)13-33-23-26-19-11-14(24)8-9-16(19)21(29)27(23)12-15-5-4-10-32-15/h2-3,6-9,11,15H,4-5,10,12-13H2,1H3,(H,25,28). The van der Waals surface area contributed by atoms with E-state index in [9.17, 15) is 14.4 Å². The number of hydrogen-bond donors (Lipinski definition) is 1. The van der Waals surface area contributed by atoms with Crippen molar-refractivity contribution in [3.63, 3.8) is 0 Å². The van der Waals surface area contributed by atoms with Gasteiger partial charge in [0.25, 0.3) is 5.56 Å². The Morgan fingerprint density at radius 1 is 1.30 bits per heavy atom. The third kappa shape index (κ3) is 5.38. The SMILES string of the molecule is COC(=O)c1ccccc1NC(=O)CSc1nc2cc(Cl)ccc2c(=O)n1CC1CCCO1. The van der Waals surface area contributed by atoms with E-state index in [2.05, 4.69) is 10.3 Å². The molecule has 1 amide bonds. The molecule has 1 fully saturated rings. The first-order valence-electron chi connectivity index (χ1n) is 10.4. The van der Waals surface area contributed by atoms with Crippen LogP contribution in [0.2, 0.25) is 5.02 Å². The van der Waals surface area contributed by atoms with Crippen molar-refractivity contribution in [1.82, 2.24) is 9.55 Å². The number of aromatic nitrogens is 2. The van der Waals surface area contributed by atoms with Crippen LogP contribution >= 0.6 is 23.4 Å². The molecule has 4 rings (SSSR count). The molecule has 1 aliphatic rings. The Bertz CT molecular complexity index is 1260. The molecule has 2 heterocycles.